The van der Waals surface area contributed by atoms with Gasteiger partial charge in [0.05, 0.1) is 11.7 Å². The average Bonchev–Trinajstić information content (AvgIpc) is 3.14. The van der Waals surface area contributed by atoms with Crippen LogP contribution in [-0.4, -0.2) is 16.3 Å². The van der Waals surface area contributed by atoms with E-state index in [0.717, 1.165) is 24.9 Å². The first-order valence-electron chi connectivity index (χ1n) is 9.06. The molecule has 1 aromatic heterocycles. The van der Waals surface area contributed by atoms with Crippen molar-refractivity contribution in [2.75, 3.05) is 6.54 Å². The van der Waals surface area contributed by atoms with Gasteiger partial charge in [-0.05, 0) is 50.1 Å². The fourth-order valence-electron chi connectivity index (χ4n) is 4.19. The van der Waals surface area contributed by atoms with Crippen LogP contribution in [0.2, 0.25) is 0 Å². The van der Waals surface area contributed by atoms with Gasteiger partial charge in [0, 0.05) is 12.7 Å². The third kappa shape index (κ3) is 4.32. The molecule has 2 atom stereocenters. The van der Waals surface area contributed by atoms with Crippen molar-refractivity contribution in [1.82, 2.24) is 15.1 Å². The summed E-state index contributed by atoms with van der Waals surface area (Å²) >= 11 is 0. The van der Waals surface area contributed by atoms with Crippen molar-refractivity contribution in [3.8, 4) is 0 Å². The Hall–Kier alpha value is -0.830. The van der Waals surface area contributed by atoms with Crippen LogP contribution in [0, 0.1) is 11.8 Å². The largest absolute Gasteiger partial charge is 0.311 e. The molecular weight excluding hydrogens is 258 g/mol. The second kappa shape index (κ2) is 7.44. The van der Waals surface area contributed by atoms with Crippen molar-refractivity contribution < 1.29 is 0 Å². The second-order valence-corrected chi connectivity index (χ2v) is 7.33. The zero-order chi connectivity index (χ0) is 14.5. The van der Waals surface area contributed by atoms with Crippen LogP contribution in [0.5, 0.6) is 0 Å². The summed E-state index contributed by atoms with van der Waals surface area (Å²) in [5, 5.41) is 8.33. The van der Waals surface area contributed by atoms with Crippen LogP contribution in [0.4, 0.5) is 0 Å². The number of nitrogens with one attached hydrogen (secondary N) is 1. The summed E-state index contributed by atoms with van der Waals surface area (Å²) in [6.45, 7) is 4.49. The molecule has 3 heteroatoms. The molecule has 0 saturated heterocycles. The molecule has 2 fully saturated rings. The molecule has 0 aliphatic heterocycles. The Morgan fingerprint density at radius 1 is 1.19 bits per heavy atom. The van der Waals surface area contributed by atoms with Gasteiger partial charge in [-0.25, -0.2) is 0 Å². The van der Waals surface area contributed by atoms with Crippen molar-refractivity contribution in [2.45, 2.75) is 77.3 Å². The van der Waals surface area contributed by atoms with Crippen molar-refractivity contribution >= 4 is 0 Å². The summed E-state index contributed by atoms with van der Waals surface area (Å²) < 4.78 is 2.20. The minimum atomic E-state index is 0.669. The van der Waals surface area contributed by atoms with Gasteiger partial charge in [-0.3, -0.25) is 4.68 Å². The van der Waals surface area contributed by atoms with Gasteiger partial charge in [-0.15, -0.1) is 0 Å². The number of nitrogens with zero attached hydrogens (tertiary/aromatic N) is 2. The Balaban J connectivity index is 1.35. The van der Waals surface area contributed by atoms with Gasteiger partial charge in [0.1, 0.15) is 0 Å². The lowest BCUT2D eigenvalue weighted by Gasteiger charge is -2.26. The molecule has 21 heavy (non-hydrogen) atoms. The third-order valence-electron chi connectivity index (χ3n) is 5.44. The first-order chi connectivity index (χ1) is 10.3. The zero-order valence-corrected chi connectivity index (χ0v) is 13.6. The molecule has 0 radical (unpaired) electrons. The molecule has 0 amide bonds. The third-order valence-corrected chi connectivity index (χ3v) is 5.44. The Morgan fingerprint density at radius 3 is 2.86 bits per heavy atom. The van der Waals surface area contributed by atoms with E-state index in [4.69, 9.17) is 5.10 Å². The van der Waals surface area contributed by atoms with Crippen molar-refractivity contribution in [2.24, 2.45) is 11.8 Å². The van der Waals surface area contributed by atoms with Crippen LogP contribution in [0.3, 0.4) is 0 Å². The lowest BCUT2D eigenvalue weighted by Crippen LogP contribution is -2.21. The lowest BCUT2D eigenvalue weighted by molar-refractivity contribution is 0.267. The highest BCUT2D eigenvalue weighted by Crippen LogP contribution is 2.30. The Labute approximate surface area is 129 Å². The molecule has 0 bridgehead atoms. The molecule has 2 aliphatic carbocycles. The van der Waals surface area contributed by atoms with Crippen LogP contribution in [0.25, 0.3) is 0 Å². The quantitative estimate of drug-likeness (QED) is 0.791. The molecule has 3 rings (SSSR count). The Morgan fingerprint density at radius 2 is 2.05 bits per heavy atom. The summed E-state index contributed by atoms with van der Waals surface area (Å²) in [7, 11) is 0. The van der Waals surface area contributed by atoms with E-state index >= 15 is 0 Å². The molecule has 2 aliphatic rings. The second-order valence-electron chi connectivity index (χ2n) is 7.33. The van der Waals surface area contributed by atoms with Crippen LogP contribution < -0.4 is 5.32 Å². The molecule has 1 aromatic rings. The van der Waals surface area contributed by atoms with Gasteiger partial charge in [0.2, 0.25) is 0 Å². The van der Waals surface area contributed by atoms with E-state index < -0.39 is 0 Å². The minimum absolute atomic E-state index is 0.669. The predicted octanol–water partition coefficient (Wildman–Crippen LogP) is 4.30. The maximum absolute atomic E-state index is 4.74. The van der Waals surface area contributed by atoms with Crippen molar-refractivity contribution in [1.29, 1.82) is 0 Å². The Bertz CT molecular complexity index is 420. The van der Waals surface area contributed by atoms with Crippen LogP contribution in [0.1, 0.15) is 76.4 Å². The van der Waals surface area contributed by atoms with Crippen LogP contribution in [0.15, 0.2) is 12.3 Å². The maximum Gasteiger partial charge on any atom is 0.0762 e. The summed E-state index contributed by atoms with van der Waals surface area (Å²) in [4.78, 5) is 0. The molecule has 2 unspecified atom stereocenters. The maximum atomic E-state index is 4.74. The highest BCUT2D eigenvalue weighted by atomic mass is 15.3. The van der Waals surface area contributed by atoms with Crippen molar-refractivity contribution in [3.05, 3.63) is 18.0 Å². The van der Waals surface area contributed by atoms with E-state index in [9.17, 15) is 0 Å². The normalized spacial score (nSPS) is 27.3. The van der Waals surface area contributed by atoms with Gasteiger partial charge in [-0.2, -0.15) is 5.10 Å². The summed E-state index contributed by atoms with van der Waals surface area (Å²) in [6.07, 6.45) is 14.7. The van der Waals surface area contributed by atoms with Gasteiger partial charge >= 0.3 is 0 Å². The predicted molar refractivity (Wildman–Crippen MR) is 87.2 cm³/mol. The molecule has 1 heterocycles. The fourth-order valence-corrected chi connectivity index (χ4v) is 4.19. The first-order valence-corrected chi connectivity index (χ1v) is 9.06. The topological polar surface area (TPSA) is 29.9 Å². The SMILES string of the molecule is CC1CCCC(CCNCc2ccn(C3CCCC3)n2)C1. The molecular formula is C18H31N3. The molecule has 0 aromatic carbocycles. The average molecular weight is 289 g/mol. The molecule has 118 valence electrons. The van der Waals surface area contributed by atoms with E-state index in [1.54, 1.807) is 0 Å². The Kier molecular flexibility index (Phi) is 5.34. The van der Waals surface area contributed by atoms with E-state index in [1.807, 2.05) is 0 Å². The molecule has 3 nitrogen and oxygen atoms in total. The first kappa shape index (κ1) is 15.1. The van der Waals surface area contributed by atoms with Gasteiger partial charge < -0.3 is 5.32 Å². The fraction of sp³-hybridized carbons (Fsp3) is 0.833. The molecule has 0 spiro atoms. The summed E-state index contributed by atoms with van der Waals surface area (Å²) in [5.74, 6) is 1.91. The van der Waals surface area contributed by atoms with E-state index in [2.05, 4.69) is 29.2 Å². The van der Waals surface area contributed by atoms with E-state index in [0.29, 0.717) is 6.04 Å². The van der Waals surface area contributed by atoms with E-state index in [-0.39, 0.29) is 0 Å². The highest BCUT2D eigenvalue weighted by Gasteiger charge is 2.19. The van der Waals surface area contributed by atoms with E-state index in [1.165, 1.54) is 63.5 Å². The number of hydrogen-bond acceptors (Lipinski definition) is 2. The van der Waals surface area contributed by atoms with Gasteiger partial charge in [0.25, 0.3) is 0 Å². The summed E-state index contributed by atoms with van der Waals surface area (Å²) in [5.41, 5.74) is 1.21. The van der Waals surface area contributed by atoms with Gasteiger partial charge in [0.15, 0.2) is 0 Å². The smallest absolute Gasteiger partial charge is 0.0762 e. The molecule has 2 saturated carbocycles. The van der Waals surface area contributed by atoms with Gasteiger partial charge in [-0.1, -0.05) is 39.0 Å². The summed E-state index contributed by atoms with van der Waals surface area (Å²) in [6, 6.07) is 2.86. The number of hydrogen-bond donors (Lipinski definition) is 1. The monoisotopic (exact) mass is 289 g/mol. The highest BCUT2D eigenvalue weighted by molar-refractivity contribution is 4.99. The number of rotatable bonds is 6. The lowest BCUT2D eigenvalue weighted by atomic mass is 9.81. The number of aromatic nitrogens is 2. The zero-order valence-electron chi connectivity index (χ0n) is 13.6. The van der Waals surface area contributed by atoms with Crippen LogP contribution in [-0.2, 0) is 6.54 Å². The standard InChI is InChI=1S/C18H31N3/c1-15-5-4-6-16(13-15)9-11-19-14-17-10-12-21(20-17)18-7-2-3-8-18/h10,12,15-16,18-19H,2-9,11,13-14H2,1H3. The minimum Gasteiger partial charge on any atom is -0.311 e. The van der Waals surface area contributed by atoms with Crippen molar-refractivity contribution in [3.63, 3.8) is 0 Å². The molecule has 1 N–H and O–H groups in total. The van der Waals surface area contributed by atoms with Crippen LogP contribution >= 0.6 is 0 Å².